The van der Waals surface area contributed by atoms with Gasteiger partial charge in [-0.15, -0.1) is 0 Å². The highest BCUT2D eigenvalue weighted by Gasteiger charge is 2.21. The van der Waals surface area contributed by atoms with Gasteiger partial charge in [0.15, 0.2) is 5.69 Å². The number of ether oxygens (including phenoxy) is 3. The van der Waals surface area contributed by atoms with Gasteiger partial charge < -0.3 is 14.2 Å². The number of hydrogen-bond acceptors (Lipinski definition) is 5. The fraction of sp³-hybridized carbons (Fsp3) is 0.571. The van der Waals surface area contributed by atoms with Crippen molar-refractivity contribution in [2.24, 2.45) is 0 Å². The molecule has 1 unspecified atom stereocenters. The van der Waals surface area contributed by atoms with E-state index in [2.05, 4.69) is 5.10 Å². The van der Waals surface area contributed by atoms with E-state index in [1.165, 1.54) is 7.11 Å². The predicted molar refractivity (Wildman–Crippen MR) is 73.1 cm³/mol. The highest BCUT2D eigenvalue weighted by Crippen LogP contribution is 2.23. The molecule has 6 heteroatoms. The van der Waals surface area contributed by atoms with E-state index < -0.39 is 5.97 Å². The van der Waals surface area contributed by atoms with Crippen molar-refractivity contribution in [3.05, 3.63) is 23.7 Å². The van der Waals surface area contributed by atoms with Crippen LogP contribution in [0.5, 0.6) is 0 Å². The summed E-state index contributed by atoms with van der Waals surface area (Å²) in [5.41, 5.74) is 0.942. The van der Waals surface area contributed by atoms with Crippen LogP contribution >= 0.6 is 0 Å². The largest absolute Gasteiger partial charge is 0.501 e. The molecule has 110 valence electrons. The van der Waals surface area contributed by atoms with E-state index in [9.17, 15) is 4.79 Å². The summed E-state index contributed by atoms with van der Waals surface area (Å²) in [6.45, 7) is 3.19. The second-order valence-electron chi connectivity index (χ2n) is 4.48. The van der Waals surface area contributed by atoms with Crippen molar-refractivity contribution in [2.45, 2.75) is 32.4 Å². The number of carbonyl (C=O) groups is 1. The highest BCUT2D eigenvalue weighted by molar-refractivity contribution is 5.91. The lowest BCUT2D eigenvalue weighted by Crippen LogP contribution is -2.19. The summed E-state index contributed by atoms with van der Waals surface area (Å²) in [5, 5.41) is 4.29. The first-order chi connectivity index (χ1) is 9.76. The van der Waals surface area contributed by atoms with Crippen LogP contribution in [0.4, 0.5) is 0 Å². The normalized spacial score (nSPS) is 19.2. The molecule has 1 aromatic heterocycles. The minimum Gasteiger partial charge on any atom is -0.501 e. The summed E-state index contributed by atoms with van der Waals surface area (Å²) in [6.07, 6.45) is 8.01. The smallest absolute Gasteiger partial charge is 0.359 e. The van der Waals surface area contributed by atoms with Crippen LogP contribution in [0.2, 0.25) is 0 Å². The average Bonchev–Trinajstić information content (AvgIpc) is 2.92. The van der Waals surface area contributed by atoms with Crippen molar-refractivity contribution in [2.75, 3.05) is 20.3 Å². The molecule has 0 spiro atoms. The number of nitrogens with zero attached hydrogens (tertiary/aromatic N) is 2. The van der Waals surface area contributed by atoms with Crippen molar-refractivity contribution < 1.29 is 19.0 Å². The molecule has 1 aliphatic heterocycles. The van der Waals surface area contributed by atoms with Crippen molar-refractivity contribution in [3.63, 3.8) is 0 Å². The fourth-order valence-electron chi connectivity index (χ4n) is 2.08. The first kappa shape index (κ1) is 14.6. The molecule has 6 nitrogen and oxygen atoms in total. The zero-order valence-electron chi connectivity index (χ0n) is 11.9. The molecule has 0 bridgehead atoms. The Bertz CT molecular complexity index is 476. The Morgan fingerprint density at radius 1 is 1.60 bits per heavy atom. The van der Waals surface area contributed by atoms with Crippen LogP contribution in [0.1, 0.15) is 48.5 Å². The van der Waals surface area contributed by atoms with Gasteiger partial charge in [0.05, 0.1) is 20.0 Å². The van der Waals surface area contributed by atoms with Crippen molar-refractivity contribution in [1.29, 1.82) is 0 Å². The maximum atomic E-state index is 11.7. The van der Waals surface area contributed by atoms with E-state index in [0.29, 0.717) is 12.2 Å². The zero-order valence-corrected chi connectivity index (χ0v) is 11.9. The minimum absolute atomic E-state index is 0.110. The standard InChI is InChI=1S/C14H20N2O4/c1-3-19-9-7-11-10-16(12-6-4-5-8-20-12)15-13(11)14(17)18-2/h7,9-10,12H,3-6,8H2,1-2H3/b9-7+. The third kappa shape index (κ3) is 3.39. The molecule has 0 radical (unpaired) electrons. The molecule has 1 fully saturated rings. The molecule has 1 saturated heterocycles. The van der Waals surface area contributed by atoms with Crippen molar-refractivity contribution >= 4 is 12.0 Å². The first-order valence-electron chi connectivity index (χ1n) is 6.83. The van der Waals surface area contributed by atoms with Gasteiger partial charge >= 0.3 is 5.97 Å². The zero-order chi connectivity index (χ0) is 14.4. The molecule has 0 amide bonds. The van der Waals surface area contributed by atoms with E-state index in [1.54, 1.807) is 23.2 Å². The van der Waals surface area contributed by atoms with Gasteiger partial charge in [-0.2, -0.15) is 5.10 Å². The number of hydrogen-bond donors (Lipinski definition) is 0. The van der Waals surface area contributed by atoms with Gasteiger partial charge in [0.2, 0.25) is 0 Å². The average molecular weight is 280 g/mol. The van der Waals surface area contributed by atoms with Crippen molar-refractivity contribution in [1.82, 2.24) is 9.78 Å². The third-order valence-electron chi connectivity index (χ3n) is 3.10. The lowest BCUT2D eigenvalue weighted by molar-refractivity contribution is -0.0397. The number of methoxy groups -OCH3 is 1. The fourth-order valence-corrected chi connectivity index (χ4v) is 2.08. The number of carbonyl (C=O) groups excluding carboxylic acids is 1. The quantitative estimate of drug-likeness (QED) is 0.612. The van der Waals surface area contributed by atoms with Crippen LogP contribution in [0.3, 0.4) is 0 Å². The van der Waals surface area contributed by atoms with E-state index in [1.807, 2.05) is 6.92 Å². The lowest BCUT2D eigenvalue weighted by Gasteiger charge is -2.22. The summed E-state index contributed by atoms with van der Waals surface area (Å²) < 4.78 is 17.3. The maximum Gasteiger partial charge on any atom is 0.359 e. The van der Waals surface area contributed by atoms with Gasteiger partial charge in [0, 0.05) is 18.4 Å². The number of esters is 1. The topological polar surface area (TPSA) is 62.6 Å². The summed E-state index contributed by atoms with van der Waals surface area (Å²) >= 11 is 0. The molecule has 2 rings (SSSR count). The van der Waals surface area contributed by atoms with Crippen LogP contribution in [0.15, 0.2) is 12.5 Å². The van der Waals surface area contributed by atoms with Crippen LogP contribution in [0, 0.1) is 0 Å². The second-order valence-corrected chi connectivity index (χ2v) is 4.48. The van der Waals surface area contributed by atoms with Crippen LogP contribution in [0.25, 0.3) is 6.08 Å². The van der Waals surface area contributed by atoms with Crippen LogP contribution < -0.4 is 0 Å². The molecule has 0 aromatic carbocycles. The minimum atomic E-state index is -0.462. The molecule has 1 aliphatic rings. The SMILES string of the molecule is CCO/C=C/c1cn(C2CCCCO2)nc1C(=O)OC. The summed E-state index contributed by atoms with van der Waals surface area (Å²) in [6, 6.07) is 0. The molecular weight excluding hydrogens is 260 g/mol. The summed E-state index contributed by atoms with van der Waals surface area (Å²) in [7, 11) is 1.34. The second kappa shape index (κ2) is 7.09. The van der Waals surface area contributed by atoms with Gasteiger partial charge in [0.25, 0.3) is 0 Å². The Balaban J connectivity index is 2.23. The Hall–Kier alpha value is -1.82. The molecule has 0 aliphatic carbocycles. The lowest BCUT2D eigenvalue weighted by atomic mass is 10.2. The first-order valence-corrected chi connectivity index (χ1v) is 6.83. The third-order valence-corrected chi connectivity index (χ3v) is 3.10. The van der Waals surface area contributed by atoms with Crippen LogP contribution in [-0.2, 0) is 14.2 Å². The Labute approximate surface area is 118 Å². The Morgan fingerprint density at radius 2 is 2.45 bits per heavy atom. The molecule has 20 heavy (non-hydrogen) atoms. The molecular formula is C14H20N2O4. The van der Waals surface area contributed by atoms with E-state index in [4.69, 9.17) is 14.2 Å². The Kier molecular flexibility index (Phi) is 5.17. The van der Waals surface area contributed by atoms with E-state index >= 15 is 0 Å². The Morgan fingerprint density at radius 3 is 3.10 bits per heavy atom. The van der Waals surface area contributed by atoms with Gasteiger partial charge in [-0.25, -0.2) is 9.48 Å². The number of aromatic nitrogens is 2. The summed E-state index contributed by atoms with van der Waals surface area (Å²) in [4.78, 5) is 11.7. The van der Waals surface area contributed by atoms with E-state index in [-0.39, 0.29) is 11.9 Å². The molecule has 1 aromatic rings. The van der Waals surface area contributed by atoms with Gasteiger partial charge in [-0.05, 0) is 32.3 Å². The summed E-state index contributed by atoms with van der Waals surface area (Å²) in [5.74, 6) is -0.462. The molecule has 2 heterocycles. The molecule has 0 saturated carbocycles. The number of rotatable bonds is 5. The van der Waals surface area contributed by atoms with Crippen molar-refractivity contribution in [3.8, 4) is 0 Å². The van der Waals surface area contributed by atoms with Gasteiger partial charge in [-0.3, -0.25) is 0 Å². The highest BCUT2D eigenvalue weighted by atomic mass is 16.5. The van der Waals surface area contributed by atoms with Crippen LogP contribution in [-0.4, -0.2) is 36.1 Å². The monoisotopic (exact) mass is 280 g/mol. The van der Waals surface area contributed by atoms with Gasteiger partial charge in [0.1, 0.15) is 6.23 Å². The molecule has 0 N–H and O–H groups in total. The maximum absolute atomic E-state index is 11.7. The predicted octanol–water partition coefficient (Wildman–Crippen LogP) is 2.38. The van der Waals surface area contributed by atoms with E-state index in [0.717, 1.165) is 25.9 Å². The van der Waals surface area contributed by atoms with Gasteiger partial charge in [-0.1, -0.05) is 0 Å². The molecule has 1 atom stereocenters.